The lowest BCUT2D eigenvalue weighted by Gasteiger charge is -2.24. The van der Waals surface area contributed by atoms with Crippen molar-refractivity contribution in [1.82, 2.24) is 4.90 Å². The van der Waals surface area contributed by atoms with Gasteiger partial charge in [0.25, 0.3) is 0 Å². The number of likely N-dealkylation sites (tertiary alicyclic amines) is 1. The Morgan fingerprint density at radius 1 is 1.33 bits per heavy atom. The number of hydrogen-bond donors (Lipinski definition) is 2. The molecule has 0 bridgehead atoms. The van der Waals surface area contributed by atoms with Gasteiger partial charge in [-0.15, -0.1) is 0 Å². The highest BCUT2D eigenvalue weighted by Crippen LogP contribution is 2.23. The largest absolute Gasteiger partial charge is 0.382 e. The van der Waals surface area contributed by atoms with Gasteiger partial charge in [0.15, 0.2) is 0 Å². The van der Waals surface area contributed by atoms with Gasteiger partial charge in [-0.2, -0.15) is 0 Å². The lowest BCUT2D eigenvalue weighted by Crippen LogP contribution is -2.32. The second-order valence-corrected chi connectivity index (χ2v) is 6.24. The van der Waals surface area contributed by atoms with Gasteiger partial charge in [0, 0.05) is 29.9 Å². The highest BCUT2D eigenvalue weighted by Gasteiger charge is 2.19. The van der Waals surface area contributed by atoms with Gasteiger partial charge in [-0.3, -0.25) is 4.79 Å². The molecule has 0 aromatic heterocycles. The molecule has 4 heteroatoms. The van der Waals surface area contributed by atoms with Crippen LogP contribution in [0.2, 0.25) is 0 Å². The molecule has 4 nitrogen and oxygen atoms in total. The third-order valence-electron chi connectivity index (χ3n) is 4.45. The van der Waals surface area contributed by atoms with E-state index in [-0.39, 0.29) is 5.91 Å². The van der Waals surface area contributed by atoms with Gasteiger partial charge in [0.2, 0.25) is 5.91 Å². The minimum absolute atomic E-state index is 0.358. The lowest BCUT2D eigenvalue weighted by molar-refractivity contribution is 0.1000. The molecule has 2 rings (SSSR count). The van der Waals surface area contributed by atoms with Gasteiger partial charge in [0.05, 0.1) is 0 Å². The highest BCUT2D eigenvalue weighted by atomic mass is 16.1. The first kappa shape index (κ1) is 15.8. The van der Waals surface area contributed by atoms with Crippen molar-refractivity contribution in [3.8, 4) is 0 Å². The molecule has 1 fully saturated rings. The van der Waals surface area contributed by atoms with E-state index in [1.54, 1.807) is 6.07 Å². The van der Waals surface area contributed by atoms with E-state index in [1.807, 2.05) is 19.1 Å². The summed E-state index contributed by atoms with van der Waals surface area (Å²) in [5.41, 5.74) is 8.02. The standard InChI is InChI=1S/C17H27N3O/c1-12(2)20-10-5-6-14(9-11-20)19-16-8-4-7-15(13(16)3)17(18)21/h4,7-8,12,14,19H,5-6,9-11H2,1-3H3,(H2,18,21). The van der Waals surface area contributed by atoms with E-state index in [9.17, 15) is 4.79 Å². The summed E-state index contributed by atoms with van der Waals surface area (Å²) in [7, 11) is 0. The van der Waals surface area contributed by atoms with E-state index in [0.717, 1.165) is 24.2 Å². The quantitative estimate of drug-likeness (QED) is 0.896. The van der Waals surface area contributed by atoms with Crippen LogP contribution >= 0.6 is 0 Å². The van der Waals surface area contributed by atoms with Gasteiger partial charge in [-0.05, 0) is 64.3 Å². The van der Waals surface area contributed by atoms with Crippen LogP contribution in [-0.4, -0.2) is 36.0 Å². The zero-order valence-corrected chi connectivity index (χ0v) is 13.4. The van der Waals surface area contributed by atoms with Crippen LogP contribution in [0.15, 0.2) is 18.2 Å². The second kappa shape index (κ2) is 6.94. The Morgan fingerprint density at radius 2 is 2.10 bits per heavy atom. The summed E-state index contributed by atoms with van der Waals surface area (Å²) >= 11 is 0. The molecule has 0 aliphatic carbocycles. The topological polar surface area (TPSA) is 58.4 Å². The van der Waals surface area contributed by atoms with E-state index in [2.05, 4.69) is 24.1 Å². The normalized spacial score (nSPS) is 20.3. The SMILES string of the molecule is Cc1c(NC2CCCN(C(C)C)CC2)cccc1C(N)=O. The molecule has 0 saturated carbocycles. The predicted molar refractivity (Wildman–Crippen MR) is 87.7 cm³/mol. The van der Waals surface area contributed by atoms with Crippen LogP contribution in [-0.2, 0) is 0 Å². The third kappa shape index (κ3) is 3.97. The first-order chi connectivity index (χ1) is 9.99. The van der Waals surface area contributed by atoms with E-state index in [1.165, 1.54) is 19.4 Å². The van der Waals surface area contributed by atoms with Crippen molar-refractivity contribution in [3.05, 3.63) is 29.3 Å². The van der Waals surface area contributed by atoms with Crippen molar-refractivity contribution in [3.63, 3.8) is 0 Å². The first-order valence-electron chi connectivity index (χ1n) is 7.89. The van der Waals surface area contributed by atoms with Crippen LogP contribution in [0.5, 0.6) is 0 Å². The number of nitrogens with two attached hydrogens (primary N) is 1. The van der Waals surface area contributed by atoms with E-state index in [0.29, 0.717) is 17.6 Å². The molecular formula is C17H27N3O. The Labute approximate surface area is 127 Å². The van der Waals surface area contributed by atoms with Crippen LogP contribution < -0.4 is 11.1 Å². The average molecular weight is 289 g/mol. The second-order valence-electron chi connectivity index (χ2n) is 6.24. The van der Waals surface area contributed by atoms with Crippen molar-refractivity contribution in [2.75, 3.05) is 18.4 Å². The molecule has 1 amide bonds. The molecule has 116 valence electrons. The molecule has 1 aromatic carbocycles. The summed E-state index contributed by atoms with van der Waals surface area (Å²) in [4.78, 5) is 14.0. The Balaban J connectivity index is 2.05. The van der Waals surface area contributed by atoms with Crippen LogP contribution in [0, 0.1) is 6.92 Å². The molecule has 21 heavy (non-hydrogen) atoms. The molecule has 1 saturated heterocycles. The summed E-state index contributed by atoms with van der Waals surface area (Å²) in [6.45, 7) is 8.78. The Hall–Kier alpha value is -1.55. The van der Waals surface area contributed by atoms with Crippen LogP contribution in [0.1, 0.15) is 49.0 Å². The number of carbonyl (C=O) groups is 1. The zero-order valence-electron chi connectivity index (χ0n) is 13.4. The number of carbonyl (C=O) groups excluding carboxylic acids is 1. The molecule has 3 N–H and O–H groups in total. The zero-order chi connectivity index (χ0) is 15.4. The van der Waals surface area contributed by atoms with Gasteiger partial charge < -0.3 is 16.0 Å². The van der Waals surface area contributed by atoms with Gasteiger partial charge >= 0.3 is 0 Å². The fourth-order valence-electron chi connectivity index (χ4n) is 3.06. The van der Waals surface area contributed by atoms with Crippen molar-refractivity contribution in [2.45, 2.75) is 52.1 Å². The fraction of sp³-hybridized carbons (Fsp3) is 0.588. The molecule has 1 atom stereocenters. The van der Waals surface area contributed by atoms with E-state index < -0.39 is 0 Å². The number of hydrogen-bond acceptors (Lipinski definition) is 3. The summed E-state index contributed by atoms with van der Waals surface area (Å²) in [5, 5.41) is 3.61. The molecule has 0 radical (unpaired) electrons. The number of amides is 1. The number of benzene rings is 1. The number of nitrogens with zero attached hydrogens (tertiary/aromatic N) is 1. The van der Waals surface area contributed by atoms with Crippen LogP contribution in [0.3, 0.4) is 0 Å². The molecular weight excluding hydrogens is 262 g/mol. The Kier molecular flexibility index (Phi) is 5.23. The summed E-state index contributed by atoms with van der Waals surface area (Å²) in [5.74, 6) is -0.358. The number of primary amides is 1. The summed E-state index contributed by atoms with van der Waals surface area (Å²) in [6, 6.07) is 6.80. The maximum Gasteiger partial charge on any atom is 0.249 e. The van der Waals surface area contributed by atoms with Gasteiger partial charge in [-0.25, -0.2) is 0 Å². The first-order valence-corrected chi connectivity index (χ1v) is 7.89. The number of anilines is 1. The number of rotatable bonds is 4. The molecule has 1 aliphatic heterocycles. The third-order valence-corrected chi connectivity index (χ3v) is 4.45. The Morgan fingerprint density at radius 3 is 2.76 bits per heavy atom. The highest BCUT2D eigenvalue weighted by molar-refractivity contribution is 5.95. The smallest absolute Gasteiger partial charge is 0.249 e. The van der Waals surface area contributed by atoms with Crippen LogP contribution in [0.25, 0.3) is 0 Å². The van der Waals surface area contributed by atoms with Crippen molar-refractivity contribution < 1.29 is 4.79 Å². The Bertz CT molecular complexity index is 499. The van der Waals surface area contributed by atoms with Gasteiger partial charge in [-0.1, -0.05) is 6.07 Å². The molecule has 0 spiro atoms. The fourth-order valence-corrected chi connectivity index (χ4v) is 3.06. The van der Waals surface area contributed by atoms with E-state index in [4.69, 9.17) is 5.73 Å². The average Bonchev–Trinajstić information content (AvgIpc) is 2.66. The summed E-state index contributed by atoms with van der Waals surface area (Å²) < 4.78 is 0. The monoisotopic (exact) mass is 289 g/mol. The maximum atomic E-state index is 11.4. The van der Waals surface area contributed by atoms with Gasteiger partial charge in [0.1, 0.15) is 0 Å². The minimum atomic E-state index is -0.358. The minimum Gasteiger partial charge on any atom is -0.382 e. The number of nitrogens with one attached hydrogen (secondary N) is 1. The molecule has 1 unspecified atom stereocenters. The predicted octanol–water partition coefficient (Wildman–Crippen LogP) is 2.77. The molecule has 1 aliphatic rings. The molecule has 1 aromatic rings. The van der Waals surface area contributed by atoms with Crippen LogP contribution in [0.4, 0.5) is 5.69 Å². The van der Waals surface area contributed by atoms with Crippen molar-refractivity contribution in [2.24, 2.45) is 5.73 Å². The molecule has 1 heterocycles. The van der Waals surface area contributed by atoms with Crippen molar-refractivity contribution in [1.29, 1.82) is 0 Å². The van der Waals surface area contributed by atoms with Crippen molar-refractivity contribution >= 4 is 11.6 Å². The lowest BCUT2D eigenvalue weighted by atomic mass is 10.0. The van der Waals surface area contributed by atoms with E-state index >= 15 is 0 Å². The maximum absolute atomic E-state index is 11.4. The summed E-state index contributed by atoms with van der Waals surface area (Å²) in [6.07, 6.45) is 3.52.